The molecule has 1 heterocycles. The van der Waals surface area contributed by atoms with Crippen LogP contribution in [0, 0.1) is 5.92 Å². The number of nitrogens with zero attached hydrogens (tertiary/aromatic N) is 1. The van der Waals surface area contributed by atoms with E-state index in [1.807, 2.05) is 20.8 Å². The second kappa shape index (κ2) is 6.21. The third kappa shape index (κ3) is 5.37. The van der Waals surface area contributed by atoms with Gasteiger partial charge in [0.1, 0.15) is 5.60 Å². The van der Waals surface area contributed by atoms with Crippen molar-refractivity contribution < 1.29 is 14.4 Å². The molecular formula is C12H24N2O3. The molecular weight excluding hydrogens is 220 g/mol. The molecule has 0 spiro atoms. The van der Waals surface area contributed by atoms with E-state index in [1.54, 1.807) is 12.0 Å². The third-order valence-electron chi connectivity index (χ3n) is 2.69. The molecule has 0 aromatic heterocycles. The highest BCUT2D eigenvalue weighted by Crippen LogP contribution is 2.18. The summed E-state index contributed by atoms with van der Waals surface area (Å²) in [6.45, 7) is 7.97. The predicted octanol–water partition coefficient (Wildman–Crippen LogP) is 1.78. The predicted molar refractivity (Wildman–Crippen MR) is 65.5 cm³/mol. The Bertz CT molecular complexity index is 251. The number of hydroxylamine groups is 1. The summed E-state index contributed by atoms with van der Waals surface area (Å²) in [6.07, 6.45) is 1.94. The van der Waals surface area contributed by atoms with Gasteiger partial charge in [-0.25, -0.2) is 10.3 Å². The van der Waals surface area contributed by atoms with E-state index in [-0.39, 0.29) is 6.09 Å². The number of carbonyl (C=O) groups is 1. The van der Waals surface area contributed by atoms with Gasteiger partial charge in [-0.05, 0) is 39.5 Å². The van der Waals surface area contributed by atoms with Crippen molar-refractivity contribution in [2.75, 3.05) is 26.7 Å². The lowest BCUT2D eigenvalue weighted by Crippen LogP contribution is -2.44. The minimum absolute atomic E-state index is 0.209. The molecule has 0 aliphatic carbocycles. The van der Waals surface area contributed by atoms with E-state index in [0.717, 1.165) is 32.5 Å². The highest BCUT2D eigenvalue weighted by molar-refractivity contribution is 5.68. The largest absolute Gasteiger partial charge is 0.444 e. The molecule has 1 aliphatic rings. The van der Waals surface area contributed by atoms with Crippen molar-refractivity contribution in [3.63, 3.8) is 0 Å². The fourth-order valence-corrected chi connectivity index (χ4v) is 1.93. The van der Waals surface area contributed by atoms with E-state index in [2.05, 4.69) is 5.48 Å². The third-order valence-corrected chi connectivity index (χ3v) is 2.69. The number of nitrogens with one attached hydrogen (secondary N) is 1. The van der Waals surface area contributed by atoms with Crippen LogP contribution in [0.5, 0.6) is 0 Å². The highest BCUT2D eigenvalue weighted by atomic mass is 16.6. The summed E-state index contributed by atoms with van der Waals surface area (Å²) < 4.78 is 5.37. The van der Waals surface area contributed by atoms with E-state index in [4.69, 9.17) is 9.57 Å². The monoisotopic (exact) mass is 244 g/mol. The first-order valence-electron chi connectivity index (χ1n) is 6.16. The van der Waals surface area contributed by atoms with Gasteiger partial charge in [0.25, 0.3) is 0 Å². The summed E-state index contributed by atoms with van der Waals surface area (Å²) >= 11 is 0. The molecule has 5 heteroatoms. The summed E-state index contributed by atoms with van der Waals surface area (Å²) in [5.41, 5.74) is 2.43. The van der Waals surface area contributed by atoms with Gasteiger partial charge in [-0.1, -0.05) is 0 Å². The summed E-state index contributed by atoms with van der Waals surface area (Å²) in [7, 11) is 1.61. The van der Waals surface area contributed by atoms with Crippen LogP contribution >= 0.6 is 0 Å². The Morgan fingerprint density at radius 1 is 1.47 bits per heavy atom. The molecule has 17 heavy (non-hydrogen) atoms. The number of hydrogen-bond acceptors (Lipinski definition) is 4. The number of piperidine rings is 1. The van der Waals surface area contributed by atoms with Gasteiger partial charge in [0.15, 0.2) is 0 Å². The molecule has 0 saturated carbocycles. The Balaban J connectivity index is 2.40. The SMILES string of the molecule is CONCC1CCCN(C(=O)OC(C)(C)C)C1. The maximum atomic E-state index is 11.9. The standard InChI is InChI=1S/C12H24N2O3/c1-12(2,3)17-11(15)14-7-5-6-10(9-14)8-13-16-4/h10,13H,5-9H2,1-4H3. The zero-order chi connectivity index (χ0) is 12.9. The lowest BCUT2D eigenvalue weighted by atomic mass is 9.99. The van der Waals surface area contributed by atoms with Crippen LogP contribution in [0.2, 0.25) is 0 Å². The number of likely N-dealkylation sites (tertiary alicyclic amines) is 1. The average Bonchev–Trinajstić information content (AvgIpc) is 2.24. The molecule has 0 aromatic carbocycles. The smallest absolute Gasteiger partial charge is 0.410 e. The minimum atomic E-state index is -0.422. The lowest BCUT2D eigenvalue weighted by molar-refractivity contribution is 0.0118. The molecule has 1 unspecified atom stereocenters. The molecule has 1 N–H and O–H groups in total. The van der Waals surface area contributed by atoms with Gasteiger partial charge in [-0.3, -0.25) is 0 Å². The number of rotatable bonds is 3. The van der Waals surface area contributed by atoms with Crippen LogP contribution in [-0.4, -0.2) is 43.3 Å². The van der Waals surface area contributed by atoms with Crippen molar-refractivity contribution in [3.05, 3.63) is 0 Å². The Labute approximate surface area is 103 Å². The van der Waals surface area contributed by atoms with Crippen molar-refractivity contribution in [2.24, 2.45) is 5.92 Å². The van der Waals surface area contributed by atoms with Gasteiger partial charge in [-0.2, -0.15) is 0 Å². The first kappa shape index (κ1) is 14.3. The normalized spacial score (nSPS) is 21.4. The van der Waals surface area contributed by atoms with Gasteiger partial charge < -0.3 is 14.5 Å². The Morgan fingerprint density at radius 3 is 2.76 bits per heavy atom. The fourth-order valence-electron chi connectivity index (χ4n) is 1.93. The van der Waals surface area contributed by atoms with Crippen LogP contribution in [0.25, 0.3) is 0 Å². The van der Waals surface area contributed by atoms with Crippen molar-refractivity contribution in [1.82, 2.24) is 10.4 Å². The first-order chi connectivity index (χ1) is 7.92. The topological polar surface area (TPSA) is 50.8 Å². The van der Waals surface area contributed by atoms with Crippen LogP contribution in [0.15, 0.2) is 0 Å². The van der Waals surface area contributed by atoms with Gasteiger partial charge in [0.2, 0.25) is 0 Å². The van der Waals surface area contributed by atoms with Crippen LogP contribution < -0.4 is 5.48 Å². The molecule has 1 rings (SSSR count). The van der Waals surface area contributed by atoms with E-state index in [0.29, 0.717) is 5.92 Å². The molecule has 0 bridgehead atoms. The summed E-state index contributed by atoms with van der Waals surface area (Å²) in [5, 5.41) is 0. The zero-order valence-corrected chi connectivity index (χ0v) is 11.3. The molecule has 100 valence electrons. The molecule has 1 amide bonds. The van der Waals surface area contributed by atoms with Gasteiger partial charge in [0, 0.05) is 19.6 Å². The van der Waals surface area contributed by atoms with Crippen LogP contribution in [-0.2, 0) is 9.57 Å². The maximum absolute atomic E-state index is 11.9. The maximum Gasteiger partial charge on any atom is 0.410 e. The van der Waals surface area contributed by atoms with E-state index >= 15 is 0 Å². The number of ether oxygens (including phenoxy) is 1. The second-order valence-electron chi connectivity index (χ2n) is 5.49. The molecule has 0 aromatic rings. The Hall–Kier alpha value is -0.810. The summed E-state index contributed by atoms with van der Waals surface area (Å²) in [5.74, 6) is 0.441. The van der Waals surface area contributed by atoms with E-state index < -0.39 is 5.60 Å². The van der Waals surface area contributed by atoms with Gasteiger partial charge >= 0.3 is 6.09 Å². The molecule has 1 atom stereocenters. The van der Waals surface area contributed by atoms with Crippen LogP contribution in [0.4, 0.5) is 4.79 Å². The highest BCUT2D eigenvalue weighted by Gasteiger charge is 2.27. The number of amides is 1. The first-order valence-corrected chi connectivity index (χ1v) is 6.16. The zero-order valence-electron chi connectivity index (χ0n) is 11.3. The van der Waals surface area contributed by atoms with Crippen molar-refractivity contribution >= 4 is 6.09 Å². The summed E-state index contributed by atoms with van der Waals surface area (Å²) in [4.78, 5) is 18.5. The fraction of sp³-hybridized carbons (Fsp3) is 0.917. The van der Waals surface area contributed by atoms with Crippen molar-refractivity contribution in [3.8, 4) is 0 Å². The Kier molecular flexibility index (Phi) is 5.21. The van der Waals surface area contributed by atoms with E-state index in [9.17, 15) is 4.79 Å². The number of hydrogen-bond donors (Lipinski definition) is 1. The second-order valence-corrected chi connectivity index (χ2v) is 5.49. The van der Waals surface area contributed by atoms with Crippen LogP contribution in [0.3, 0.4) is 0 Å². The van der Waals surface area contributed by atoms with E-state index in [1.165, 1.54) is 0 Å². The Morgan fingerprint density at radius 2 is 2.18 bits per heavy atom. The minimum Gasteiger partial charge on any atom is -0.444 e. The molecule has 1 aliphatic heterocycles. The molecule has 1 fully saturated rings. The summed E-state index contributed by atoms with van der Waals surface area (Å²) in [6, 6.07) is 0. The molecule has 1 saturated heterocycles. The lowest BCUT2D eigenvalue weighted by Gasteiger charge is -2.34. The number of carbonyl (C=O) groups excluding carboxylic acids is 1. The molecule has 0 radical (unpaired) electrons. The molecule has 5 nitrogen and oxygen atoms in total. The average molecular weight is 244 g/mol. The van der Waals surface area contributed by atoms with Gasteiger partial charge in [-0.15, -0.1) is 0 Å². The van der Waals surface area contributed by atoms with Crippen LogP contribution in [0.1, 0.15) is 33.6 Å². The van der Waals surface area contributed by atoms with Crippen molar-refractivity contribution in [1.29, 1.82) is 0 Å². The quantitative estimate of drug-likeness (QED) is 0.769. The van der Waals surface area contributed by atoms with Crippen molar-refractivity contribution in [2.45, 2.75) is 39.2 Å². The van der Waals surface area contributed by atoms with Gasteiger partial charge in [0.05, 0.1) is 7.11 Å².